The lowest BCUT2D eigenvalue weighted by Gasteiger charge is -2.10. The number of carbonyl (C=O) groups is 2. The van der Waals surface area contributed by atoms with Crippen molar-refractivity contribution in [2.75, 3.05) is 11.9 Å². The average Bonchev–Trinajstić information content (AvgIpc) is 2.92. The highest BCUT2D eigenvalue weighted by molar-refractivity contribution is 9.11. The highest BCUT2D eigenvalue weighted by atomic mass is 79.9. The smallest absolute Gasteiger partial charge is 0.265 e. The van der Waals surface area contributed by atoms with Gasteiger partial charge in [0.15, 0.2) is 0 Å². The van der Waals surface area contributed by atoms with Gasteiger partial charge in [-0.2, -0.15) is 0 Å². The highest BCUT2D eigenvalue weighted by Gasteiger charge is 2.14. The van der Waals surface area contributed by atoms with Crippen LogP contribution in [0.3, 0.4) is 0 Å². The zero-order chi connectivity index (χ0) is 15.2. The number of anilines is 1. The summed E-state index contributed by atoms with van der Waals surface area (Å²) in [5.41, 5.74) is 0.982. The van der Waals surface area contributed by atoms with E-state index >= 15 is 0 Å². The molecule has 2 amide bonds. The predicted molar refractivity (Wildman–Crippen MR) is 89.0 cm³/mol. The number of benzene rings is 1. The standard InChI is InChI=1S/C15H15BrN2O2S/c1-2-9-17-14(19)10-5-3-4-6-11(10)18-15(20)12-7-8-13(16)21-12/h3-8H,2,9H2,1H3,(H,17,19)(H,18,20). The number of hydrogen-bond acceptors (Lipinski definition) is 3. The van der Waals surface area contributed by atoms with E-state index in [9.17, 15) is 9.59 Å². The van der Waals surface area contributed by atoms with Gasteiger partial charge in [-0.15, -0.1) is 11.3 Å². The molecule has 110 valence electrons. The molecular weight excluding hydrogens is 352 g/mol. The summed E-state index contributed by atoms with van der Waals surface area (Å²) in [6.07, 6.45) is 0.865. The van der Waals surface area contributed by atoms with E-state index in [0.717, 1.165) is 10.2 Å². The maximum Gasteiger partial charge on any atom is 0.265 e. The lowest BCUT2D eigenvalue weighted by atomic mass is 10.1. The predicted octanol–water partition coefficient (Wildman–Crippen LogP) is 3.90. The van der Waals surface area contributed by atoms with Crippen molar-refractivity contribution in [2.45, 2.75) is 13.3 Å². The summed E-state index contributed by atoms with van der Waals surface area (Å²) >= 11 is 4.67. The second-order valence-electron chi connectivity index (χ2n) is 4.36. The molecule has 1 aromatic heterocycles. The van der Waals surface area contributed by atoms with Crippen LogP contribution in [0, 0.1) is 0 Å². The van der Waals surface area contributed by atoms with Crippen molar-refractivity contribution in [3.63, 3.8) is 0 Å². The molecule has 0 unspecified atom stereocenters. The number of rotatable bonds is 5. The van der Waals surface area contributed by atoms with Gasteiger partial charge in [-0.1, -0.05) is 19.1 Å². The summed E-state index contributed by atoms with van der Waals surface area (Å²) in [5, 5.41) is 5.60. The monoisotopic (exact) mass is 366 g/mol. The SMILES string of the molecule is CCCNC(=O)c1ccccc1NC(=O)c1ccc(Br)s1. The van der Waals surface area contributed by atoms with Crippen molar-refractivity contribution < 1.29 is 9.59 Å². The Hall–Kier alpha value is -1.66. The lowest BCUT2D eigenvalue weighted by Crippen LogP contribution is -2.25. The van der Waals surface area contributed by atoms with Gasteiger partial charge in [-0.25, -0.2) is 0 Å². The molecule has 2 rings (SSSR count). The van der Waals surface area contributed by atoms with Gasteiger partial charge in [-0.3, -0.25) is 9.59 Å². The minimum atomic E-state index is -0.221. The van der Waals surface area contributed by atoms with Gasteiger partial charge in [0.05, 0.1) is 19.9 Å². The second-order valence-corrected chi connectivity index (χ2v) is 6.82. The zero-order valence-corrected chi connectivity index (χ0v) is 13.9. The topological polar surface area (TPSA) is 58.2 Å². The van der Waals surface area contributed by atoms with E-state index in [1.54, 1.807) is 30.3 Å². The Labute approximate surface area is 135 Å². The number of halogens is 1. The lowest BCUT2D eigenvalue weighted by molar-refractivity contribution is 0.0954. The fourth-order valence-electron chi connectivity index (χ4n) is 1.74. The summed E-state index contributed by atoms with van der Waals surface area (Å²) in [6, 6.07) is 10.5. The van der Waals surface area contributed by atoms with E-state index in [2.05, 4.69) is 26.6 Å². The van der Waals surface area contributed by atoms with Crippen LogP contribution in [0.5, 0.6) is 0 Å². The van der Waals surface area contributed by atoms with Crippen molar-refractivity contribution in [3.8, 4) is 0 Å². The Morgan fingerprint density at radius 2 is 1.90 bits per heavy atom. The van der Waals surface area contributed by atoms with E-state index < -0.39 is 0 Å². The first-order chi connectivity index (χ1) is 10.1. The van der Waals surface area contributed by atoms with E-state index in [1.807, 2.05) is 13.0 Å². The Morgan fingerprint density at radius 3 is 2.57 bits per heavy atom. The Kier molecular flexibility index (Phi) is 5.52. The van der Waals surface area contributed by atoms with E-state index in [-0.39, 0.29) is 11.8 Å². The molecule has 0 saturated heterocycles. The van der Waals surface area contributed by atoms with Gasteiger partial charge >= 0.3 is 0 Å². The zero-order valence-electron chi connectivity index (χ0n) is 11.5. The van der Waals surface area contributed by atoms with Gasteiger partial charge < -0.3 is 10.6 Å². The summed E-state index contributed by atoms with van der Waals surface area (Å²) in [7, 11) is 0. The van der Waals surface area contributed by atoms with Gasteiger partial charge in [0.25, 0.3) is 11.8 Å². The molecule has 0 fully saturated rings. The van der Waals surface area contributed by atoms with Gasteiger partial charge in [0.1, 0.15) is 0 Å². The van der Waals surface area contributed by atoms with Crippen LogP contribution < -0.4 is 10.6 Å². The number of nitrogens with one attached hydrogen (secondary N) is 2. The molecule has 2 aromatic rings. The van der Waals surface area contributed by atoms with Crippen molar-refractivity contribution in [3.05, 3.63) is 50.6 Å². The summed E-state index contributed by atoms with van der Waals surface area (Å²) < 4.78 is 0.890. The van der Waals surface area contributed by atoms with Crippen molar-refractivity contribution >= 4 is 44.8 Å². The van der Waals surface area contributed by atoms with Crippen LogP contribution in [0.4, 0.5) is 5.69 Å². The van der Waals surface area contributed by atoms with E-state index in [4.69, 9.17) is 0 Å². The third-order valence-corrected chi connectivity index (χ3v) is 4.37. The molecular formula is C15H15BrN2O2S. The molecule has 6 heteroatoms. The molecule has 0 saturated carbocycles. The summed E-state index contributed by atoms with van der Waals surface area (Å²) in [4.78, 5) is 24.8. The first kappa shape index (κ1) is 15.7. The number of amides is 2. The number of hydrogen-bond donors (Lipinski definition) is 2. The molecule has 4 nitrogen and oxygen atoms in total. The van der Waals surface area contributed by atoms with Crippen LogP contribution in [0.15, 0.2) is 40.2 Å². The summed E-state index contributed by atoms with van der Waals surface area (Å²) in [6.45, 7) is 2.60. The molecule has 0 aliphatic heterocycles. The van der Waals surface area contributed by atoms with Gasteiger partial charge in [0, 0.05) is 6.54 Å². The molecule has 0 aliphatic carbocycles. The Bertz CT molecular complexity index is 655. The Morgan fingerprint density at radius 1 is 1.14 bits per heavy atom. The maximum atomic E-state index is 12.2. The average molecular weight is 367 g/mol. The largest absolute Gasteiger partial charge is 0.352 e. The van der Waals surface area contributed by atoms with Crippen molar-refractivity contribution in [1.29, 1.82) is 0 Å². The maximum absolute atomic E-state index is 12.2. The van der Waals surface area contributed by atoms with Crippen molar-refractivity contribution in [2.24, 2.45) is 0 Å². The molecule has 2 N–H and O–H groups in total. The van der Waals surface area contributed by atoms with Crippen LogP contribution in [0.25, 0.3) is 0 Å². The number of thiophene rings is 1. The third kappa shape index (κ3) is 4.15. The normalized spacial score (nSPS) is 10.2. The van der Waals surface area contributed by atoms with Crippen LogP contribution in [-0.4, -0.2) is 18.4 Å². The highest BCUT2D eigenvalue weighted by Crippen LogP contribution is 2.23. The number of carbonyl (C=O) groups excluding carboxylic acids is 2. The minimum absolute atomic E-state index is 0.180. The van der Waals surface area contributed by atoms with Crippen molar-refractivity contribution in [1.82, 2.24) is 5.32 Å². The first-order valence-corrected chi connectivity index (χ1v) is 8.16. The molecule has 0 spiro atoms. The fourth-order valence-corrected chi connectivity index (χ4v) is 3.03. The second kappa shape index (κ2) is 7.38. The molecule has 0 radical (unpaired) electrons. The van der Waals surface area contributed by atoms with Crippen LogP contribution in [-0.2, 0) is 0 Å². The van der Waals surface area contributed by atoms with Crippen LogP contribution in [0.2, 0.25) is 0 Å². The third-order valence-electron chi connectivity index (χ3n) is 2.75. The van der Waals surface area contributed by atoms with Gasteiger partial charge in [-0.05, 0) is 46.6 Å². The van der Waals surface area contributed by atoms with E-state index in [1.165, 1.54) is 11.3 Å². The van der Waals surface area contributed by atoms with Crippen LogP contribution in [0.1, 0.15) is 33.4 Å². The minimum Gasteiger partial charge on any atom is -0.352 e. The fraction of sp³-hybridized carbons (Fsp3) is 0.200. The molecule has 0 aliphatic rings. The first-order valence-electron chi connectivity index (χ1n) is 6.55. The van der Waals surface area contributed by atoms with E-state index in [0.29, 0.717) is 22.7 Å². The number of para-hydroxylation sites is 1. The quantitative estimate of drug-likeness (QED) is 0.842. The van der Waals surface area contributed by atoms with Gasteiger partial charge in [0.2, 0.25) is 0 Å². The summed E-state index contributed by atoms with van der Waals surface area (Å²) in [5.74, 6) is -0.401. The molecule has 1 aromatic carbocycles. The molecule has 21 heavy (non-hydrogen) atoms. The molecule has 0 bridgehead atoms. The Balaban J connectivity index is 2.16. The molecule has 1 heterocycles. The van der Waals surface area contributed by atoms with Crippen LogP contribution >= 0.6 is 27.3 Å². The molecule has 0 atom stereocenters.